The van der Waals surface area contributed by atoms with Crippen LogP contribution in [0.25, 0.3) is 0 Å². The highest BCUT2D eigenvalue weighted by Crippen LogP contribution is 2.24. The van der Waals surface area contributed by atoms with Crippen molar-refractivity contribution < 1.29 is 13.2 Å². The van der Waals surface area contributed by atoms with Crippen LogP contribution in [0.4, 0.5) is 0 Å². The molecule has 150 valence electrons. The van der Waals surface area contributed by atoms with E-state index in [0.717, 1.165) is 11.1 Å². The molecule has 1 heterocycles. The van der Waals surface area contributed by atoms with Crippen LogP contribution in [-0.2, 0) is 21.2 Å². The highest BCUT2D eigenvalue weighted by Gasteiger charge is 2.29. The first-order valence-electron chi connectivity index (χ1n) is 9.27. The second-order valence-electron chi connectivity index (χ2n) is 6.98. The number of nitrogens with one attached hydrogen (secondary N) is 4. The summed E-state index contributed by atoms with van der Waals surface area (Å²) in [5, 5.41) is 2.72. The topological polar surface area (TPSA) is 99.3 Å². The van der Waals surface area contributed by atoms with Gasteiger partial charge in [-0.25, -0.2) is 19.3 Å². The van der Waals surface area contributed by atoms with E-state index in [4.69, 9.17) is 0 Å². The molecule has 1 amide bonds. The number of hydrogen-bond acceptors (Lipinski definition) is 5. The van der Waals surface area contributed by atoms with Crippen molar-refractivity contribution in [3.63, 3.8) is 0 Å². The van der Waals surface area contributed by atoms with Crippen LogP contribution >= 0.6 is 0 Å². The lowest BCUT2D eigenvalue weighted by atomic mass is 10.00. The minimum absolute atomic E-state index is 0.0463. The Hall–Kier alpha value is -2.26. The van der Waals surface area contributed by atoms with Crippen LogP contribution in [0.2, 0.25) is 0 Å². The molecule has 0 aromatic heterocycles. The lowest BCUT2D eigenvalue weighted by molar-refractivity contribution is -0.118. The molecule has 8 heteroatoms. The fraction of sp³-hybridized carbons (Fsp3) is 0.350. The SMILES string of the molecule is CC(=O)NCCc1ccc(S(=O)(=O)NC2CC(c3ccccc3C)NN2)cc1. The summed E-state index contributed by atoms with van der Waals surface area (Å²) in [4.78, 5) is 11.1. The van der Waals surface area contributed by atoms with Gasteiger partial charge in [-0.3, -0.25) is 4.79 Å². The van der Waals surface area contributed by atoms with Crippen molar-refractivity contribution in [2.75, 3.05) is 6.54 Å². The number of amides is 1. The van der Waals surface area contributed by atoms with Gasteiger partial charge in [0.2, 0.25) is 15.9 Å². The van der Waals surface area contributed by atoms with Gasteiger partial charge in [-0.2, -0.15) is 4.72 Å². The summed E-state index contributed by atoms with van der Waals surface area (Å²) in [7, 11) is -3.63. The fourth-order valence-electron chi connectivity index (χ4n) is 3.29. The Morgan fingerprint density at radius 1 is 1.11 bits per heavy atom. The van der Waals surface area contributed by atoms with E-state index < -0.39 is 16.2 Å². The molecule has 2 aromatic carbocycles. The lowest BCUT2D eigenvalue weighted by Crippen LogP contribution is -2.44. The molecule has 0 radical (unpaired) electrons. The third-order valence-corrected chi connectivity index (χ3v) is 6.27. The van der Waals surface area contributed by atoms with Gasteiger partial charge in [0, 0.05) is 19.5 Å². The number of carbonyl (C=O) groups is 1. The molecule has 1 saturated heterocycles. The zero-order valence-corrected chi connectivity index (χ0v) is 16.8. The van der Waals surface area contributed by atoms with Crippen LogP contribution in [0.3, 0.4) is 0 Å². The summed E-state index contributed by atoms with van der Waals surface area (Å²) in [6, 6.07) is 14.8. The Morgan fingerprint density at radius 2 is 1.82 bits per heavy atom. The minimum atomic E-state index is -3.63. The maximum absolute atomic E-state index is 12.7. The van der Waals surface area contributed by atoms with E-state index in [1.807, 2.05) is 31.2 Å². The standard InChI is InChI=1S/C20H26N4O3S/c1-14-5-3-4-6-18(14)19-13-20(23-22-19)24-28(26,27)17-9-7-16(8-10-17)11-12-21-15(2)25/h3-10,19-20,22-24H,11-13H2,1-2H3,(H,21,25). The highest BCUT2D eigenvalue weighted by molar-refractivity contribution is 7.89. The first kappa shape index (κ1) is 20.5. The first-order chi connectivity index (χ1) is 13.3. The number of carbonyl (C=O) groups excluding carboxylic acids is 1. The van der Waals surface area contributed by atoms with Crippen LogP contribution < -0.4 is 20.9 Å². The average molecular weight is 403 g/mol. The van der Waals surface area contributed by atoms with Gasteiger partial charge >= 0.3 is 0 Å². The van der Waals surface area contributed by atoms with Crippen LogP contribution in [-0.4, -0.2) is 27.0 Å². The number of benzene rings is 2. The Morgan fingerprint density at radius 3 is 2.50 bits per heavy atom. The number of hydrazine groups is 1. The second kappa shape index (κ2) is 8.83. The van der Waals surface area contributed by atoms with Gasteiger partial charge in [-0.05, 0) is 48.6 Å². The van der Waals surface area contributed by atoms with Gasteiger partial charge in [0.1, 0.15) is 0 Å². The van der Waals surface area contributed by atoms with Gasteiger partial charge in [0.05, 0.1) is 11.1 Å². The quantitative estimate of drug-likeness (QED) is 0.563. The maximum atomic E-state index is 12.7. The largest absolute Gasteiger partial charge is 0.356 e. The number of aryl methyl sites for hydroxylation is 1. The zero-order valence-electron chi connectivity index (χ0n) is 16.0. The summed E-state index contributed by atoms with van der Waals surface area (Å²) in [5.41, 5.74) is 9.48. The molecule has 1 aliphatic rings. The lowest BCUT2D eigenvalue weighted by Gasteiger charge is -2.14. The van der Waals surface area contributed by atoms with Crippen molar-refractivity contribution in [3.05, 3.63) is 65.2 Å². The molecule has 1 aliphatic heterocycles. The van der Waals surface area contributed by atoms with Crippen molar-refractivity contribution in [2.24, 2.45) is 0 Å². The van der Waals surface area contributed by atoms with Crippen LogP contribution in [0.1, 0.15) is 36.1 Å². The molecule has 0 bridgehead atoms. The Labute approximate surface area is 165 Å². The normalized spacial score (nSPS) is 19.5. The van der Waals surface area contributed by atoms with Gasteiger partial charge in [0.25, 0.3) is 0 Å². The van der Waals surface area contributed by atoms with E-state index in [9.17, 15) is 13.2 Å². The zero-order chi connectivity index (χ0) is 20.1. The summed E-state index contributed by atoms with van der Waals surface area (Å²) < 4.78 is 28.1. The van der Waals surface area contributed by atoms with Gasteiger partial charge in [0.15, 0.2) is 0 Å². The Kier molecular flexibility index (Phi) is 6.46. The van der Waals surface area contributed by atoms with Crippen LogP contribution in [0.15, 0.2) is 53.4 Å². The van der Waals surface area contributed by atoms with Gasteiger partial charge < -0.3 is 5.32 Å². The molecule has 2 atom stereocenters. The third kappa shape index (κ3) is 5.17. The molecule has 0 saturated carbocycles. The molecular weight excluding hydrogens is 376 g/mol. The summed E-state index contributed by atoms with van der Waals surface area (Å²) in [5.74, 6) is -0.0786. The van der Waals surface area contributed by atoms with E-state index in [0.29, 0.717) is 19.4 Å². The summed E-state index contributed by atoms with van der Waals surface area (Å²) in [6.07, 6.45) is 0.868. The predicted octanol–water partition coefficient (Wildman–Crippen LogP) is 1.52. The molecule has 3 rings (SSSR count). The number of sulfonamides is 1. The Bertz CT molecular complexity index is 929. The first-order valence-corrected chi connectivity index (χ1v) is 10.8. The molecule has 2 aromatic rings. The molecular formula is C20H26N4O3S. The van der Waals surface area contributed by atoms with E-state index in [2.05, 4.69) is 20.9 Å². The highest BCUT2D eigenvalue weighted by atomic mass is 32.2. The van der Waals surface area contributed by atoms with Crippen molar-refractivity contribution in [1.29, 1.82) is 0 Å². The summed E-state index contributed by atoms with van der Waals surface area (Å²) in [6.45, 7) is 4.04. The second-order valence-corrected chi connectivity index (χ2v) is 8.70. The molecule has 28 heavy (non-hydrogen) atoms. The van der Waals surface area contributed by atoms with Crippen LogP contribution in [0, 0.1) is 6.92 Å². The van der Waals surface area contributed by atoms with E-state index in [1.54, 1.807) is 24.3 Å². The van der Waals surface area contributed by atoms with E-state index >= 15 is 0 Å². The third-order valence-electron chi connectivity index (χ3n) is 4.79. The van der Waals surface area contributed by atoms with Gasteiger partial charge in [-0.15, -0.1) is 0 Å². The predicted molar refractivity (Wildman–Crippen MR) is 108 cm³/mol. The molecule has 0 spiro atoms. The van der Waals surface area contributed by atoms with Crippen LogP contribution in [0.5, 0.6) is 0 Å². The van der Waals surface area contributed by atoms with E-state index in [1.165, 1.54) is 12.5 Å². The summed E-state index contributed by atoms with van der Waals surface area (Å²) >= 11 is 0. The molecule has 4 N–H and O–H groups in total. The molecule has 1 fully saturated rings. The van der Waals surface area contributed by atoms with Gasteiger partial charge in [-0.1, -0.05) is 36.4 Å². The fourth-order valence-corrected chi connectivity index (χ4v) is 4.45. The average Bonchev–Trinajstić information content (AvgIpc) is 3.10. The van der Waals surface area contributed by atoms with Crippen molar-refractivity contribution in [2.45, 2.75) is 43.8 Å². The van der Waals surface area contributed by atoms with Crippen molar-refractivity contribution >= 4 is 15.9 Å². The monoisotopic (exact) mass is 402 g/mol. The number of rotatable bonds is 7. The Balaban J connectivity index is 1.59. The number of hydrogen-bond donors (Lipinski definition) is 4. The van der Waals surface area contributed by atoms with Crippen molar-refractivity contribution in [1.82, 2.24) is 20.9 Å². The maximum Gasteiger partial charge on any atom is 0.241 e. The van der Waals surface area contributed by atoms with E-state index in [-0.39, 0.29) is 16.8 Å². The van der Waals surface area contributed by atoms with Crippen molar-refractivity contribution in [3.8, 4) is 0 Å². The molecule has 7 nitrogen and oxygen atoms in total. The smallest absolute Gasteiger partial charge is 0.241 e. The molecule has 0 aliphatic carbocycles. The molecule has 2 unspecified atom stereocenters. The minimum Gasteiger partial charge on any atom is -0.356 e.